The standard InChI is InChI=1S/C15H15N3O2/c1-11-4-5-13(9-12(11)3-2-8-19)15(20)18-10-14-16-6-7-17-14/h4-7,9,19H,8,10H2,1H3,(H,16,17)(H,18,20). The van der Waals surface area contributed by atoms with E-state index in [1.165, 1.54) is 0 Å². The summed E-state index contributed by atoms with van der Waals surface area (Å²) >= 11 is 0. The van der Waals surface area contributed by atoms with Gasteiger partial charge in [0.25, 0.3) is 5.91 Å². The number of aliphatic hydroxyl groups is 1. The third-order valence-corrected chi connectivity index (χ3v) is 2.77. The predicted octanol–water partition coefficient (Wildman–Crippen LogP) is 0.992. The van der Waals surface area contributed by atoms with E-state index in [0.29, 0.717) is 17.9 Å². The fraction of sp³-hybridized carbons (Fsp3) is 0.200. The largest absolute Gasteiger partial charge is 0.384 e. The normalized spacial score (nSPS) is 9.70. The van der Waals surface area contributed by atoms with Gasteiger partial charge in [0, 0.05) is 23.5 Å². The van der Waals surface area contributed by atoms with Crippen LogP contribution in [0.4, 0.5) is 0 Å². The van der Waals surface area contributed by atoms with Crippen LogP contribution >= 0.6 is 0 Å². The highest BCUT2D eigenvalue weighted by Gasteiger charge is 2.07. The lowest BCUT2D eigenvalue weighted by Gasteiger charge is -2.05. The van der Waals surface area contributed by atoms with Gasteiger partial charge in [-0.25, -0.2) is 4.98 Å². The molecular formula is C15H15N3O2. The SMILES string of the molecule is Cc1ccc(C(=O)NCc2ncc[nH]2)cc1C#CCO. The molecule has 0 radical (unpaired) electrons. The van der Waals surface area contributed by atoms with Crippen molar-refractivity contribution in [3.63, 3.8) is 0 Å². The highest BCUT2D eigenvalue weighted by Crippen LogP contribution is 2.10. The number of aromatic amines is 1. The van der Waals surface area contributed by atoms with E-state index in [1.807, 2.05) is 13.0 Å². The highest BCUT2D eigenvalue weighted by molar-refractivity contribution is 5.94. The average Bonchev–Trinajstić information content (AvgIpc) is 2.97. The van der Waals surface area contributed by atoms with Crippen LogP contribution in [0.5, 0.6) is 0 Å². The van der Waals surface area contributed by atoms with Crippen LogP contribution in [-0.4, -0.2) is 27.6 Å². The Morgan fingerprint density at radius 1 is 1.50 bits per heavy atom. The molecule has 0 saturated carbocycles. The molecule has 0 aliphatic rings. The third kappa shape index (κ3) is 3.46. The van der Waals surface area contributed by atoms with Crippen LogP contribution in [0.1, 0.15) is 27.3 Å². The minimum absolute atomic E-state index is 0.187. The van der Waals surface area contributed by atoms with Gasteiger partial charge < -0.3 is 15.4 Å². The van der Waals surface area contributed by atoms with Crippen molar-refractivity contribution >= 4 is 5.91 Å². The maximum atomic E-state index is 12.0. The van der Waals surface area contributed by atoms with Crippen LogP contribution < -0.4 is 5.32 Å². The first-order chi connectivity index (χ1) is 9.70. The van der Waals surface area contributed by atoms with Crippen molar-refractivity contribution in [2.45, 2.75) is 13.5 Å². The quantitative estimate of drug-likeness (QED) is 0.727. The fourth-order valence-electron chi connectivity index (χ4n) is 1.69. The first-order valence-corrected chi connectivity index (χ1v) is 6.17. The second-order valence-corrected chi connectivity index (χ2v) is 4.21. The number of imidazole rings is 1. The second-order valence-electron chi connectivity index (χ2n) is 4.21. The molecule has 1 heterocycles. The van der Waals surface area contributed by atoms with Crippen molar-refractivity contribution in [2.24, 2.45) is 0 Å². The monoisotopic (exact) mass is 269 g/mol. The molecule has 3 N–H and O–H groups in total. The zero-order chi connectivity index (χ0) is 14.4. The van der Waals surface area contributed by atoms with E-state index < -0.39 is 0 Å². The lowest BCUT2D eigenvalue weighted by molar-refractivity contribution is 0.0950. The molecule has 2 rings (SSSR count). The molecule has 0 atom stereocenters. The van der Waals surface area contributed by atoms with Crippen LogP contribution in [0.2, 0.25) is 0 Å². The van der Waals surface area contributed by atoms with Crippen molar-refractivity contribution in [1.82, 2.24) is 15.3 Å². The van der Waals surface area contributed by atoms with Gasteiger partial charge in [0.2, 0.25) is 0 Å². The van der Waals surface area contributed by atoms with E-state index in [1.54, 1.807) is 24.5 Å². The number of carbonyl (C=O) groups excluding carboxylic acids is 1. The minimum atomic E-state index is -0.200. The van der Waals surface area contributed by atoms with Gasteiger partial charge in [-0.3, -0.25) is 4.79 Å². The summed E-state index contributed by atoms with van der Waals surface area (Å²) in [5, 5.41) is 11.5. The molecule has 5 heteroatoms. The number of nitrogens with one attached hydrogen (secondary N) is 2. The van der Waals surface area contributed by atoms with Crippen LogP contribution in [0, 0.1) is 18.8 Å². The number of nitrogens with zero attached hydrogens (tertiary/aromatic N) is 1. The van der Waals surface area contributed by atoms with Crippen molar-refractivity contribution in [3.05, 3.63) is 53.1 Å². The summed E-state index contributed by atoms with van der Waals surface area (Å²) in [5.41, 5.74) is 2.24. The summed E-state index contributed by atoms with van der Waals surface area (Å²) in [7, 11) is 0. The molecule has 0 fully saturated rings. The zero-order valence-corrected chi connectivity index (χ0v) is 11.1. The van der Waals surface area contributed by atoms with E-state index in [4.69, 9.17) is 5.11 Å². The lowest BCUT2D eigenvalue weighted by Crippen LogP contribution is -2.23. The molecule has 20 heavy (non-hydrogen) atoms. The number of rotatable bonds is 3. The second kappa shape index (κ2) is 6.55. The number of aliphatic hydroxyl groups excluding tert-OH is 1. The summed E-state index contributed by atoms with van der Waals surface area (Å²) in [6.45, 7) is 2.05. The van der Waals surface area contributed by atoms with E-state index in [2.05, 4.69) is 27.1 Å². The molecule has 102 valence electrons. The van der Waals surface area contributed by atoms with E-state index in [0.717, 1.165) is 11.1 Å². The Bertz CT molecular complexity index is 651. The Labute approximate surface area is 117 Å². The molecule has 1 amide bonds. The number of aryl methyl sites for hydroxylation is 1. The maximum Gasteiger partial charge on any atom is 0.251 e. The number of carbonyl (C=O) groups is 1. The molecule has 0 saturated heterocycles. The number of hydrogen-bond donors (Lipinski definition) is 3. The molecule has 5 nitrogen and oxygen atoms in total. The van der Waals surface area contributed by atoms with Gasteiger partial charge in [0.15, 0.2) is 0 Å². The predicted molar refractivity (Wildman–Crippen MR) is 74.9 cm³/mol. The number of amides is 1. The summed E-state index contributed by atoms with van der Waals surface area (Å²) in [5.74, 6) is 5.93. The van der Waals surface area contributed by atoms with Gasteiger partial charge in [-0.05, 0) is 24.6 Å². The van der Waals surface area contributed by atoms with Gasteiger partial charge >= 0.3 is 0 Å². The smallest absolute Gasteiger partial charge is 0.251 e. The lowest BCUT2D eigenvalue weighted by atomic mass is 10.0. The van der Waals surface area contributed by atoms with E-state index >= 15 is 0 Å². The summed E-state index contributed by atoms with van der Waals surface area (Å²) < 4.78 is 0. The Kier molecular flexibility index (Phi) is 4.53. The first kappa shape index (κ1) is 13.8. The number of benzene rings is 1. The van der Waals surface area contributed by atoms with Crippen LogP contribution in [0.15, 0.2) is 30.6 Å². The molecule has 2 aromatic rings. The van der Waals surface area contributed by atoms with Crippen molar-refractivity contribution < 1.29 is 9.90 Å². The van der Waals surface area contributed by atoms with E-state index in [9.17, 15) is 4.79 Å². The molecule has 0 bridgehead atoms. The van der Waals surface area contributed by atoms with Gasteiger partial charge in [-0.15, -0.1) is 0 Å². The Hall–Kier alpha value is -2.58. The average molecular weight is 269 g/mol. The third-order valence-electron chi connectivity index (χ3n) is 2.77. The van der Waals surface area contributed by atoms with Crippen molar-refractivity contribution in [3.8, 4) is 11.8 Å². The van der Waals surface area contributed by atoms with Crippen LogP contribution in [0.25, 0.3) is 0 Å². The minimum Gasteiger partial charge on any atom is -0.384 e. The first-order valence-electron chi connectivity index (χ1n) is 6.17. The maximum absolute atomic E-state index is 12.0. The molecule has 0 aliphatic carbocycles. The molecule has 0 unspecified atom stereocenters. The van der Waals surface area contributed by atoms with Gasteiger partial charge in [0.05, 0.1) is 6.54 Å². The summed E-state index contributed by atoms with van der Waals surface area (Å²) in [6.07, 6.45) is 3.34. The van der Waals surface area contributed by atoms with E-state index in [-0.39, 0.29) is 12.5 Å². The van der Waals surface area contributed by atoms with Crippen molar-refractivity contribution in [1.29, 1.82) is 0 Å². The summed E-state index contributed by atoms with van der Waals surface area (Å²) in [4.78, 5) is 19.0. The molecule has 0 aliphatic heterocycles. The Morgan fingerprint density at radius 2 is 2.35 bits per heavy atom. The molecular weight excluding hydrogens is 254 g/mol. The fourth-order valence-corrected chi connectivity index (χ4v) is 1.69. The number of H-pyrrole nitrogens is 1. The molecule has 1 aromatic carbocycles. The van der Waals surface area contributed by atoms with Crippen molar-refractivity contribution in [2.75, 3.05) is 6.61 Å². The number of aromatic nitrogens is 2. The number of hydrogen-bond acceptors (Lipinski definition) is 3. The molecule has 0 spiro atoms. The Balaban J connectivity index is 2.09. The van der Waals surface area contributed by atoms with Gasteiger partial charge in [0.1, 0.15) is 12.4 Å². The zero-order valence-electron chi connectivity index (χ0n) is 11.1. The molecule has 1 aromatic heterocycles. The van der Waals surface area contributed by atoms with Crippen LogP contribution in [-0.2, 0) is 6.54 Å². The van der Waals surface area contributed by atoms with Gasteiger partial charge in [-0.2, -0.15) is 0 Å². The highest BCUT2D eigenvalue weighted by atomic mass is 16.2. The van der Waals surface area contributed by atoms with Crippen LogP contribution in [0.3, 0.4) is 0 Å². The van der Waals surface area contributed by atoms with Gasteiger partial charge in [-0.1, -0.05) is 17.9 Å². The summed E-state index contributed by atoms with van der Waals surface area (Å²) in [6, 6.07) is 5.30. The topological polar surface area (TPSA) is 78.0 Å². The Morgan fingerprint density at radius 3 is 3.05 bits per heavy atom.